The van der Waals surface area contributed by atoms with Crippen LogP contribution in [-0.4, -0.2) is 19.3 Å². The Balaban J connectivity index is 2.20. The maximum Gasteiger partial charge on any atom is 0.156 e. The molecule has 0 aromatic carbocycles. The lowest BCUT2D eigenvalue weighted by atomic mass is 10.1. The Kier molecular flexibility index (Phi) is 1.58. The molecule has 1 aliphatic heterocycles. The molecule has 0 radical (unpaired) electrons. The first kappa shape index (κ1) is 6.73. The van der Waals surface area contributed by atoms with E-state index < -0.39 is 0 Å². The summed E-state index contributed by atoms with van der Waals surface area (Å²) in [5, 5.41) is 0. The number of hydrogen-bond donors (Lipinski definition) is 1. The summed E-state index contributed by atoms with van der Waals surface area (Å²) in [4.78, 5) is 0. The molecule has 0 saturated carbocycles. The minimum absolute atomic E-state index is 0.0930. The molecule has 1 heterocycles. The van der Waals surface area contributed by atoms with E-state index in [0.29, 0.717) is 13.2 Å². The van der Waals surface area contributed by atoms with E-state index in [1.54, 1.807) is 0 Å². The highest BCUT2D eigenvalue weighted by Gasteiger charge is 2.18. The topological polar surface area (TPSA) is 44.5 Å². The predicted octanol–water partition coefficient (Wildman–Crippen LogP) is 0.532. The highest BCUT2D eigenvalue weighted by Crippen LogP contribution is 2.22. The average molecular weight is 153 g/mol. The number of allylic oxidation sites excluding steroid dienone is 1. The van der Waals surface area contributed by atoms with E-state index in [-0.39, 0.29) is 6.04 Å². The van der Waals surface area contributed by atoms with Crippen molar-refractivity contribution in [3.8, 4) is 0 Å². The molecular formula is C8H11NO2. The summed E-state index contributed by atoms with van der Waals surface area (Å²) in [5.41, 5.74) is 5.69. The zero-order valence-corrected chi connectivity index (χ0v) is 6.25. The van der Waals surface area contributed by atoms with Crippen LogP contribution in [0, 0.1) is 0 Å². The molecule has 0 fully saturated rings. The molecule has 2 rings (SSSR count). The summed E-state index contributed by atoms with van der Waals surface area (Å²) in [6, 6.07) is 0.0930. The van der Waals surface area contributed by atoms with Crippen LogP contribution in [0.3, 0.4) is 0 Å². The fourth-order valence-corrected chi connectivity index (χ4v) is 1.26. The van der Waals surface area contributed by atoms with Crippen molar-refractivity contribution in [2.45, 2.75) is 12.5 Å². The lowest BCUT2D eigenvalue weighted by molar-refractivity contribution is 0.0619. The molecule has 1 unspecified atom stereocenters. The van der Waals surface area contributed by atoms with Crippen LogP contribution in [0.15, 0.2) is 23.7 Å². The Morgan fingerprint density at radius 2 is 2.18 bits per heavy atom. The summed E-state index contributed by atoms with van der Waals surface area (Å²) >= 11 is 0. The van der Waals surface area contributed by atoms with Crippen molar-refractivity contribution < 1.29 is 9.47 Å². The Bertz CT molecular complexity index is 220. The lowest BCUT2D eigenvalue weighted by Gasteiger charge is -2.24. The predicted molar refractivity (Wildman–Crippen MR) is 40.7 cm³/mol. The minimum atomic E-state index is 0.0930. The SMILES string of the molecule is NC1C=CC2=C(C1)OCCO2. The van der Waals surface area contributed by atoms with Crippen molar-refractivity contribution in [3.63, 3.8) is 0 Å². The van der Waals surface area contributed by atoms with Crippen LogP contribution in [0.1, 0.15) is 6.42 Å². The highest BCUT2D eigenvalue weighted by atomic mass is 16.6. The summed E-state index contributed by atoms with van der Waals surface area (Å²) < 4.78 is 10.7. The molecule has 11 heavy (non-hydrogen) atoms. The molecule has 3 nitrogen and oxygen atoms in total. The molecule has 0 bridgehead atoms. The van der Waals surface area contributed by atoms with Gasteiger partial charge in [0.05, 0.1) is 0 Å². The molecule has 0 amide bonds. The third kappa shape index (κ3) is 1.24. The molecule has 1 atom stereocenters. The van der Waals surface area contributed by atoms with E-state index in [2.05, 4.69) is 0 Å². The van der Waals surface area contributed by atoms with Gasteiger partial charge in [-0.2, -0.15) is 0 Å². The standard InChI is InChI=1S/C8H11NO2/c9-6-1-2-7-8(5-6)11-4-3-10-7/h1-2,6H,3-5,9H2. The molecule has 60 valence electrons. The number of nitrogens with two attached hydrogens (primary N) is 1. The molecule has 1 aliphatic carbocycles. The van der Waals surface area contributed by atoms with Gasteiger partial charge in [-0.3, -0.25) is 0 Å². The highest BCUT2D eigenvalue weighted by molar-refractivity contribution is 5.24. The molecule has 3 heteroatoms. The van der Waals surface area contributed by atoms with E-state index in [9.17, 15) is 0 Å². The second kappa shape index (κ2) is 2.58. The van der Waals surface area contributed by atoms with Crippen molar-refractivity contribution in [2.24, 2.45) is 5.73 Å². The van der Waals surface area contributed by atoms with E-state index in [1.807, 2.05) is 12.2 Å². The molecule has 2 N–H and O–H groups in total. The van der Waals surface area contributed by atoms with Crippen LogP contribution in [0.25, 0.3) is 0 Å². The van der Waals surface area contributed by atoms with Gasteiger partial charge in [-0.15, -0.1) is 0 Å². The van der Waals surface area contributed by atoms with Gasteiger partial charge in [0.25, 0.3) is 0 Å². The summed E-state index contributed by atoms with van der Waals surface area (Å²) in [6.07, 6.45) is 4.60. The van der Waals surface area contributed by atoms with Gasteiger partial charge in [-0.05, 0) is 6.08 Å². The van der Waals surface area contributed by atoms with Crippen molar-refractivity contribution in [1.82, 2.24) is 0 Å². The molecule has 0 aromatic heterocycles. The molecule has 0 spiro atoms. The van der Waals surface area contributed by atoms with E-state index >= 15 is 0 Å². The largest absolute Gasteiger partial charge is 0.490 e. The molecule has 2 aliphatic rings. The van der Waals surface area contributed by atoms with E-state index in [1.165, 1.54) is 0 Å². The van der Waals surface area contributed by atoms with Crippen LogP contribution in [0.5, 0.6) is 0 Å². The van der Waals surface area contributed by atoms with Crippen LogP contribution in [0.4, 0.5) is 0 Å². The average Bonchev–Trinajstić information content (AvgIpc) is 2.04. The maximum absolute atomic E-state index is 5.69. The van der Waals surface area contributed by atoms with Gasteiger partial charge < -0.3 is 15.2 Å². The first-order valence-corrected chi connectivity index (χ1v) is 3.79. The Morgan fingerprint density at radius 1 is 1.36 bits per heavy atom. The number of ether oxygens (including phenoxy) is 2. The number of hydrogen-bond acceptors (Lipinski definition) is 3. The Hall–Kier alpha value is -0.960. The van der Waals surface area contributed by atoms with Gasteiger partial charge in [-0.1, -0.05) is 6.08 Å². The quantitative estimate of drug-likeness (QED) is 0.552. The van der Waals surface area contributed by atoms with Gasteiger partial charge in [0, 0.05) is 12.5 Å². The maximum atomic E-state index is 5.69. The second-order valence-electron chi connectivity index (χ2n) is 2.71. The summed E-state index contributed by atoms with van der Waals surface area (Å²) in [5.74, 6) is 1.77. The molecule has 0 aromatic rings. The first-order chi connectivity index (χ1) is 5.36. The van der Waals surface area contributed by atoms with E-state index in [4.69, 9.17) is 15.2 Å². The first-order valence-electron chi connectivity index (χ1n) is 3.79. The fourth-order valence-electron chi connectivity index (χ4n) is 1.26. The zero-order chi connectivity index (χ0) is 7.68. The van der Waals surface area contributed by atoms with Gasteiger partial charge in [0.15, 0.2) is 5.76 Å². The fraction of sp³-hybridized carbons (Fsp3) is 0.500. The van der Waals surface area contributed by atoms with Crippen molar-refractivity contribution in [1.29, 1.82) is 0 Å². The second-order valence-corrected chi connectivity index (χ2v) is 2.71. The third-order valence-corrected chi connectivity index (χ3v) is 1.81. The normalized spacial score (nSPS) is 29.0. The Morgan fingerprint density at radius 3 is 3.09 bits per heavy atom. The van der Waals surface area contributed by atoms with Gasteiger partial charge >= 0.3 is 0 Å². The Labute approximate surface area is 65.5 Å². The van der Waals surface area contributed by atoms with Gasteiger partial charge in [0.1, 0.15) is 19.0 Å². The summed E-state index contributed by atoms with van der Waals surface area (Å²) in [7, 11) is 0. The van der Waals surface area contributed by atoms with Crippen molar-refractivity contribution in [3.05, 3.63) is 23.7 Å². The van der Waals surface area contributed by atoms with E-state index in [0.717, 1.165) is 17.9 Å². The summed E-state index contributed by atoms with van der Waals surface area (Å²) in [6.45, 7) is 1.30. The monoisotopic (exact) mass is 153 g/mol. The van der Waals surface area contributed by atoms with Crippen LogP contribution in [-0.2, 0) is 9.47 Å². The zero-order valence-electron chi connectivity index (χ0n) is 6.25. The van der Waals surface area contributed by atoms with Crippen molar-refractivity contribution >= 4 is 0 Å². The van der Waals surface area contributed by atoms with Gasteiger partial charge in [-0.25, -0.2) is 0 Å². The van der Waals surface area contributed by atoms with Crippen molar-refractivity contribution in [2.75, 3.05) is 13.2 Å². The van der Waals surface area contributed by atoms with Gasteiger partial charge in [0.2, 0.25) is 0 Å². The smallest absolute Gasteiger partial charge is 0.156 e. The van der Waals surface area contributed by atoms with Crippen LogP contribution < -0.4 is 5.73 Å². The minimum Gasteiger partial charge on any atom is -0.490 e. The number of rotatable bonds is 0. The lowest BCUT2D eigenvalue weighted by Crippen LogP contribution is -2.25. The molecular weight excluding hydrogens is 142 g/mol. The van der Waals surface area contributed by atoms with Crippen LogP contribution >= 0.6 is 0 Å². The third-order valence-electron chi connectivity index (χ3n) is 1.81. The molecule has 0 saturated heterocycles. The van der Waals surface area contributed by atoms with Crippen LogP contribution in [0.2, 0.25) is 0 Å².